The van der Waals surface area contributed by atoms with Crippen LogP contribution in [0, 0.1) is 0 Å². The van der Waals surface area contributed by atoms with Crippen LogP contribution in [-0.2, 0) is 5.92 Å². The lowest BCUT2D eigenvalue weighted by molar-refractivity contribution is -0.00534. The molecule has 1 nitrogen and oxygen atoms in total. The van der Waals surface area contributed by atoms with Crippen molar-refractivity contribution in [2.75, 3.05) is 6.54 Å². The zero-order valence-electron chi connectivity index (χ0n) is 11.1. The molecule has 1 atom stereocenters. The zero-order valence-corrected chi connectivity index (χ0v) is 11.9. The monoisotopic (exact) mass is 295 g/mol. The van der Waals surface area contributed by atoms with Crippen molar-refractivity contribution in [1.29, 1.82) is 0 Å². The van der Waals surface area contributed by atoms with Gasteiger partial charge >= 0.3 is 0 Å². The van der Waals surface area contributed by atoms with E-state index in [9.17, 15) is 8.78 Å². The maximum atomic E-state index is 14.0. The normalized spacial score (nSPS) is 13.2. The van der Waals surface area contributed by atoms with Crippen molar-refractivity contribution in [1.82, 2.24) is 5.32 Å². The van der Waals surface area contributed by atoms with Crippen LogP contribution in [0.3, 0.4) is 0 Å². The van der Waals surface area contributed by atoms with Crippen LogP contribution in [0.4, 0.5) is 8.78 Å². The lowest BCUT2D eigenvalue weighted by Crippen LogP contribution is -2.32. The van der Waals surface area contributed by atoms with Crippen LogP contribution in [0.2, 0.25) is 5.02 Å². The molecule has 2 aromatic carbocycles. The molecule has 2 aromatic rings. The zero-order chi connectivity index (χ0) is 14.6. The molecule has 0 aliphatic heterocycles. The van der Waals surface area contributed by atoms with Crippen molar-refractivity contribution in [3.05, 3.63) is 70.7 Å². The topological polar surface area (TPSA) is 12.0 Å². The van der Waals surface area contributed by atoms with Crippen LogP contribution in [0.5, 0.6) is 0 Å². The molecule has 0 radical (unpaired) electrons. The van der Waals surface area contributed by atoms with Crippen molar-refractivity contribution in [2.24, 2.45) is 0 Å². The first-order valence-electron chi connectivity index (χ1n) is 6.42. The molecule has 0 aliphatic rings. The number of rotatable bonds is 5. The molecular formula is C16H16ClF2N. The molecule has 1 N–H and O–H groups in total. The Bertz CT molecular complexity index is 557. The van der Waals surface area contributed by atoms with Crippen molar-refractivity contribution in [3.8, 4) is 0 Å². The second-order valence-corrected chi connectivity index (χ2v) is 5.10. The summed E-state index contributed by atoms with van der Waals surface area (Å²) in [5.41, 5.74) is 0.830. The SMILES string of the molecule is C[C@H](NCC(F)(F)c1ccccc1)c1ccccc1Cl. The highest BCUT2D eigenvalue weighted by atomic mass is 35.5. The maximum Gasteiger partial charge on any atom is 0.285 e. The van der Waals surface area contributed by atoms with E-state index in [0.717, 1.165) is 5.56 Å². The third-order valence-corrected chi connectivity index (χ3v) is 3.54. The van der Waals surface area contributed by atoms with Gasteiger partial charge in [0.25, 0.3) is 5.92 Å². The molecule has 0 amide bonds. The summed E-state index contributed by atoms with van der Waals surface area (Å²) in [6, 6.07) is 14.8. The highest BCUT2D eigenvalue weighted by Gasteiger charge is 2.31. The van der Waals surface area contributed by atoms with Gasteiger partial charge in [-0.3, -0.25) is 0 Å². The van der Waals surface area contributed by atoms with Gasteiger partial charge in [-0.25, -0.2) is 0 Å². The highest BCUT2D eigenvalue weighted by Crippen LogP contribution is 2.28. The van der Waals surface area contributed by atoms with E-state index in [2.05, 4.69) is 5.32 Å². The minimum Gasteiger partial charge on any atom is -0.304 e. The third kappa shape index (κ3) is 3.56. The standard InChI is InChI=1S/C16H16ClF2N/c1-12(14-9-5-6-10-15(14)17)20-11-16(18,19)13-7-3-2-4-8-13/h2-10,12,20H,11H2,1H3/t12-/m0/s1. The Kier molecular flexibility index (Phi) is 4.73. The molecule has 0 fully saturated rings. The molecule has 0 saturated carbocycles. The smallest absolute Gasteiger partial charge is 0.285 e. The Morgan fingerprint density at radius 2 is 1.65 bits per heavy atom. The van der Waals surface area contributed by atoms with Gasteiger partial charge in [-0.05, 0) is 18.6 Å². The largest absolute Gasteiger partial charge is 0.304 e. The average Bonchev–Trinajstić information content (AvgIpc) is 2.46. The minimum absolute atomic E-state index is 0.0128. The van der Waals surface area contributed by atoms with E-state index in [-0.39, 0.29) is 11.6 Å². The van der Waals surface area contributed by atoms with Gasteiger partial charge < -0.3 is 5.32 Å². The minimum atomic E-state index is -2.91. The van der Waals surface area contributed by atoms with Crippen molar-refractivity contribution >= 4 is 11.6 Å². The number of hydrogen-bond donors (Lipinski definition) is 1. The Morgan fingerprint density at radius 3 is 2.30 bits per heavy atom. The summed E-state index contributed by atoms with van der Waals surface area (Å²) in [5.74, 6) is -2.91. The lowest BCUT2D eigenvalue weighted by Gasteiger charge is -2.21. The van der Waals surface area contributed by atoms with E-state index in [0.29, 0.717) is 5.02 Å². The maximum absolute atomic E-state index is 14.0. The van der Waals surface area contributed by atoms with Crippen LogP contribution in [-0.4, -0.2) is 6.54 Å². The Hall–Kier alpha value is -1.45. The first-order chi connectivity index (χ1) is 9.50. The first-order valence-corrected chi connectivity index (χ1v) is 6.79. The molecule has 0 aliphatic carbocycles. The molecule has 0 aromatic heterocycles. The number of nitrogens with one attached hydrogen (secondary N) is 1. The van der Waals surface area contributed by atoms with E-state index in [1.807, 2.05) is 25.1 Å². The van der Waals surface area contributed by atoms with E-state index < -0.39 is 12.5 Å². The van der Waals surface area contributed by atoms with Crippen LogP contribution < -0.4 is 5.32 Å². The third-order valence-electron chi connectivity index (χ3n) is 3.20. The second-order valence-electron chi connectivity index (χ2n) is 4.69. The number of benzene rings is 2. The van der Waals surface area contributed by atoms with Gasteiger partial charge in [0.15, 0.2) is 0 Å². The summed E-state index contributed by atoms with van der Waals surface area (Å²) < 4.78 is 28.1. The fraction of sp³-hybridized carbons (Fsp3) is 0.250. The van der Waals surface area contributed by atoms with Gasteiger partial charge in [0.05, 0.1) is 6.54 Å². The fourth-order valence-electron chi connectivity index (χ4n) is 2.00. The Balaban J connectivity index is 2.03. The summed E-state index contributed by atoms with van der Waals surface area (Å²) in [4.78, 5) is 0. The number of halogens is 3. The lowest BCUT2D eigenvalue weighted by atomic mass is 10.1. The quantitative estimate of drug-likeness (QED) is 0.837. The summed E-state index contributed by atoms with van der Waals surface area (Å²) in [6.07, 6.45) is 0. The van der Waals surface area contributed by atoms with Crippen molar-refractivity contribution in [3.63, 3.8) is 0 Å². The van der Waals surface area contributed by atoms with Crippen molar-refractivity contribution < 1.29 is 8.78 Å². The Labute approximate surface area is 122 Å². The average molecular weight is 296 g/mol. The van der Waals surface area contributed by atoms with Gasteiger partial charge in [-0.15, -0.1) is 0 Å². The van der Waals surface area contributed by atoms with Crippen LogP contribution in [0.15, 0.2) is 54.6 Å². The molecule has 2 rings (SSSR count). The van der Waals surface area contributed by atoms with Crippen molar-refractivity contribution in [2.45, 2.75) is 18.9 Å². The van der Waals surface area contributed by atoms with Gasteiger partial charge in [0.1, 0.15) is 0 Å². The Morgan fingerprint density at radius 1 is 1.05 bits per heavy atom. The molecule has 0 saturated heterocycles. The molecule has 4 heteroatoms. The van der Waals surface area contributed by atoms with Crippen LogP contribution in [0.1, 0.15) is 24.1 Å². The van der Waals surface area contributed by atoms with Gasteiger partial charge in [-0.1, -0.05) is 60.1 Å². The van der Waals surface area contributed by atoms with E-state index in [1.165, 1.54) is 12.1 Å². The predicted octanol–water partition coefficient (Wildman–Crippen LogP) is 4.78. The van der Waals surface area contributed by atoms with Crippen LogP contribution in [0.25, 0.3) is 0 Å². The molecule has 20 heavy (non-hydrogen) atoms. The second kappa shape index (κ2) is 6.33. The number of hydrogen-bond acceptors (Lipinski definition) is 1. The first kappa shape index (κ1) is 14.9. The fourth-order valence-corrected chi connectivity index (χ4v) is 2.30. The molecule has 0 spiro atoms. The summed E-state index contributed by atoms with van der Waals surface area (Å²) >= 11 is 6.06. The predicted molar refractivity (Wildman–Crippen MR) is 78.2 cm³/mol. The van der Waals surface area contributed by atoms with E-state index in [1.54, 1.807) is 24.3 Å². The van der Waals surface area contributed by atoms with Gasteiger partial charge in [0, 0.05) is 16.6 Å². The van der Waals surface area contributed by atoms with Gasteiger partial charge in [-0.2, -0.15) is 8.78 Å². The molecule has 0 unspecified atom stereocenters. The molecule has 0 bridgehead atoms. The van der Waals surface area contributed by atoms with E-state index in [4.69, 9.17) is 11.6 Å². The van der Waals surface area contributed by atoms with E-state index >= 15 is 0 Å². The molecular weight excluding hydrogens is 280 g/mol. The number of alkyl halides is 2. The van der Waals surface area contributed by atoms with Gasteiger partial charge in [0.2, 0.25) is 0 Å². The highest BCUT2D eigenvalue weighted by molar-refractivity contribution is 6.31. The van der Waals surface area contributed by atoms with Crippen LogP contribution >= 0.6 is 11.6 Å². The summed E-state index contributed by atoms with van der Waals surface area (Å²) in [5, 5.41) is 3.42. The molecule has 0 heterocycles. The summed E-state index contributed by atoms with van der Waals surface area (Å²) in [7, 11) is 0. The molecule has 106 valence electrons. The summed E-state index contributed by atoms with van der Waals surface area (Å²) in [6.45, 7) is 1.39.